The van der Waals surface area contributed by atoms with Crippen LogP contribution in [-0.2, 0) is 4.79 Å². The van der Waals surface area contributed by atoms with E-state index in [1.807, 2.05) is 0 Å². The Balaban J connectivity index is 2.82. The summed E-state index contributed by atoms with van der Waals surface area (Å²) in [5.74, 6) is -2.11. The molecule has 0 heterocycles. The van der Waals surface area contributed by atoms with Crippen LogP contribution < -0.4 is 5.32 Å². The molecule has 0 aromatic heterocycles. The van der Waals surface area contributed by atoms with Crippen LogP contribution in [0.3, 0.4) is 0 Å². The van der Waals surface area contributed by atoms with Crippen molar-refractivity contribution in [3.63, 3.8) is 0 Å². The number of nitrogens with zero attached hydrogens (tertiary/aromatic N) is 1. The van der Waals surface area contributed by atoms with Crippen molar-refractivity contribution in [3.8, 4) is 5.75 Å². The summed E-state index contributed by atoms with van der Waals surface area (Å²) < 4.78 is 0. The van der Waals surface area contributed by atoms with Gasteiger partial charge in [-0.2, -0.15) is 0 Å². The van der Waals surface area contributed by atoms with E-state index in [9.17, 15) is 24.8 Å². The molecule has 0 aliphatic rings. The van der Waals surface area contributed by atoms with Gasteiger partial charge in [0, 0.05) is 23.6 Å². The number of rotatable bonds is 6. The molecule has 0 saturated carbocycles. The maximum absolute atomic E-state index is 12.0. The zero-order chi connectivity index (χ0) is 16.2. The molecule has 0 saturated heterocycles. The van der Waals surface area contributed by atoms with Crippen molar-refractivity contribution in [1.82, 2.24) is 5.32 Å². The minimum absolute atomic E-state index is 0.0569. The highest BCUT2D eigenvalue weighted by molar-refractivity contribution is 5.95. The Morgan fingerprint density at radius 3 is 2.48 bits per heavy atom. The van der Waals surface area contributed by atoms with E-state index in [2.05, 4.69) is 5.32 Å². The van der Waals surface area contributed by atoms with Crippen LogP contribution in [0.5, 0.6) is 5.75 Å². The molecule has 8 nitrogen and oxygen atoms in total. The highest BCUT2D eigenvalue weighted by atomic mass is 16.6. The summed E-state index contributed by atoms with van der Waals surface area (Å²) in [5, 5.41) is 31.3. The first-order valence-corrected chi connectivity index (χ1v) is 6.14. The summed E-state index contributed by atoms with van der Waals surface area (Å²) >= 11 is 0. The van der Waals surface area contributed by atoms with Crippen molar-refractivity contribution >= 4 is 17.6 Å². The Labute approximate surface area is 120 Å². The summed E-state index contributed by atoms with van der Waals surface area (Å²) in [4.78, 5) is 32.4. The molecule has 114 valence electrons. The fourth-order valence-electron chi connectivity index (χ4n) is 1.68. The summed E-state index contributed by atoms with van der Waals surface area (Å²) in [7, 11) is 0. The number of amides is 1. The number of nitro benzene ring substituents is 1. The second kappa shape index (κ2) is 6.21. The van der Waals surface area contributed by atoms with Gasteiger partial charge in [0.15, 0.2) is 5.75 Å². The first-order chi connectivity index (χ1) is 9.62. The zero-order valence-corrected chi connectivity index (χ0v) is 11.6. The third-order valence-electron chi connectivity index (χ3n) is 2.85. The van der Waals surface area contributed by atoms with E-state index in [4.69, 9.17) is 5.11 Å². The van der Waals surface area contributed by atoms with E-state index in [0.717, 1.165) is 12.1 Å². The van der Waals surface area contributed by atoms with Crippen LogP contribution in [0.25, 0.3) is 0 Å². The van der Waals surface area contributed by atoms with Gasteiger partial charge in [-0.15, -0.1) is 0 Å². The number of nitro groups is 1. The Morgan fingerprint density at radius 1 is 1.38 bits per heavy atom. The number of aliphatic carboxylic acids is 1. The van der Waals surface area contributed by atoms with Crippen molar-refractivity contribution in [2.24, 2.45) is 0 Å². The highest BCUT2D eigenvalue weighted by Crippen LogP contribution is 2.26. The molecule has 0 spiro atoms. The van der Waals surface area contributed by atoms with Crippen molar-refractivity contribution in [1.29, 1.82) is 0 Å². The first kappa shape index (κ1) is 16.4. The van der Waals surface area contributed by atoms with E-state index in [0.29, 0.717) is 0 Å². The average molecular weight is 296 g/mol. The van der Waals surface area contributed by atoms with Gasteiger partial charge < -0.3 is 15.5 Å². The van der Waals surface area contributed by atoms with Crippen molar-refractivity contribution in [2.45, 2.75) is 32.2 Å². The van der Waals surface area contributed by atoms with Crippen molar-refractivity contribution in [3.05, 3.63) is 33.9 Å². The normalized spacial score (nSPS) is 11.0. The molecular weight excluding hydrogens is 280 g/mol. The van der Waals surface area contributed by atoms with Gasteiger partial charge in [-0.1, -0.05) is 0 Å². The highest BCUT2D eigenvalue weighted by Gasteiger charge is 2.23. The standard InChI is InChI=1S/C13H16N2O6/c1-13(2,6-5-11(17)18)14-12(19)8-3-4-9(15(20)21)10(16)7-8/h3-4,7,16H,5-6H2,1-2H3,(H,14,19)(H,17,18). The molecule has 1 aromatic rings. The van der Waals surface area contributed by atoms with Gasteiger partial charge in [0.2, 0.25) is 0 Å². The molecule has 0 fully saturated rings. The Kier molecular flexibility index (Phi) is 4.85. The summed E-state index contributed by atoms with van der Waals surface area (Å²) in [5.41, 5.74) is -1.19. The van der Waals surface area contributed by atoms with Gasteiger partial charge >= 0.3 is 11.7 Å². The lowest BCUT2D eigenvalue weighted by Gasteiger charge is -2.25. The largest absolute Gasteiger partial charge is 0.502 e. The van der Waals surface area contributed by atoms with Crippen LogP contribution >= 0.6 is 0 Å². The van der Waals surface area contributed by atoms with Gasteiger partial charge in [0.25, 0.3) is 5.91 Å². The SMILES string of the molecule is CC(C)(CCC(=O)O)NC(=O)c1ccc([N+](=O)[O-])c(O)c1. The summed E-state index contributed by atoms with van der Waals surface area (Å²) in [6, 6.07) is 3.26. The number of carboxylic acids is 1. The predicted molar refractivity (Wildman–Crippen MR) is 73.2 cm³/mol. The van der Waals surface area contributed by atoms with Crippen molar-refractivity contribution in [2.75, 3.05) is 0 Å². The fraction of sp³-hybridized carbons (Fsp3) is 0.385. The van der Waals surface area contributed by atoms with Gasteiger partial charge in [-0.3, -0.25) is 19.7 Å². The molecule has 0 unspecified atom stereocenters. The molecule has 1 rings (SSSR count). The number of phenols is 1. The van der Waals surface area contributed by atoms with Crippen LogP contribution in [0.15, 0.2) is 18.2 Å². The predicted octanol–water partition coefficient (Wildman–Crippen LogP) is 1.67. The van der Waals surface area contributed by atoms with Crippen LogP contribution in [0.2, 0.25) is 0 Å². The molecule has 0 radical (unpaired) electrons. The van der Waals surface area contributed by atoms with Crippen molar-refractivity contribution < 1.29 is 24.7 Å². The van der Waals surface area contributed by atoms with Gasteiger partial charge in [0.05, 0.1) is 4.92 Å². The van der Waals surface area contributed by atoms with Crippen LogP contribution in [-0.4, -0.2) is 32.6 Å². The monoisotopic (exact) mass is 296 g/mol. The number of hydrogen-bond donors (Lipinski definition) is 3. The Morgan fingerprint density at radius 2 is 2.00 bits per heavy atom. The number of aromatic hydroxyl groups is 1. The zero-order valence-electron chi connectivity index (χ0n) is 11.6. The second-order valence-corrected chi connectivity index (χ2v) is 5.19. The van der Waals surface area contributed by atoms with E-state index in [1.54, 1.807) is 13.8 Å². The second-order valence-electron chi connectivity index (χ2n) is 5.19. The molecule has 21 heavy (non-hydrogen) atoms. The molecule has 8 heteroatoms. The number of hydrogen-bond acceptors (Lipinski definition) is 5. The van der Waals surface area contributed by atoms with E-state index in [-0.39, 0.29) is 18.4 Å². The smallest absolute Gasteiger partial charge is 0.310 e. The lowest BCUT2D eigenvalue weighted by Crippen LogP contribution is -2.43. The quantitative estimate of drug-likeness (QED) is 0.540. The number of phenolic OH excluding ortho intramolecular Hbond substituents is 1. The van der Waals surface area contributed by atoms with Gasteiger partial charge in [0.1, 0.15) is 0 Å². The lowest BCUT2D eigenvalue weighted by molar-refractivity contribution is -0.385. The molecule has 0 bridgehead atoms. The third kappa shape index (κ3) is 4.75. The van der Waals surface area contributed by atoms with Gasteiger partial charge in [-0.25, -0.2) is 0 Å². The number of carboxylic acid groups (broad SMARTS) is 1. The Hall–Kier alpha value is -2.64. The van der Waals surface area contributed by atoms with Crippen LogP contribution in [0.1, 0.15) is 37.0 Å². The van der Waals surface area contributed by atoms with Gasteiger partial charge in [-0.05, 0) is 32.4 Å². The molecule has 1 amide bonds. The minimum Gasteiger partial charge on any atom is -0.502 e. The van der Waals surface area contributed by atoms with Crippen LogP contribution in [0, 0.1) is 10.1 Å². The minimum atomic E-state index is -0.967. The molecule has 0 aliphatic carbocycles. The topological polar surface area (TPSA) is 130 Å². The van der Waals surface area contributed by atoms with E-state index < -0.39 is 33.8 Å². The summed E-state index contributed by atoms with van der Waals surface area (Å²) in [6.07, 6.45) is 0.131. The first-order valence-electron chi connectivity index (χ1n) is 6.14. The van der Waals surface area contributed by atoms with Crippen LogP contribution in [0.4, 0.5) is 5.69 Å². The fourth-order valence-corrected chi connectivity index (χ4v) is 1.68. The number of carbonyl (C=O) groups excluding carboxylic acids is 1. The van der Waals surface area contributed by atoms with E-state index in [1.165, 1.54) is 6.07 Å². The molecular formula is C13H16N2O6. The maximum atomic E-state index is 12.0. The number of nitrogens with one attached hydrogen (secondary N) is 1. The third-order valence-corrected chi connectivity index (χ3v) is 2.85. The number of carbonyl (C=O) groups is 2. The maximum Gasteiger partial charge on any atom is 0.310 e. The molecule has 1 aromatic carbocycles. The molecule has 3 N–H and O–H groups in total. The number of benzene rings is 1. The van der Waals surface area contributed by atoms with E-state index >= 15 is 0 Å². The average Bonchev–Trinajstić information content (AvgIpc) is 2.35. The lowest BCUT2D eigenvalue weighted by atomic mass is 9.97. The Bertz CT molecular complexity index is 582. The summed E-state index contributed by atoms with van der Waals surface area (Å²) in [6.45, 7) is 3.33. The molecule has 0 aliphatic heterocycles. The molecule has 0 atom stereocenters.